The molecule has 0 aliphatic heterocycles. The zero-order valence-electron chi connectivity index (χ0n) is 11.3. The Bertz CT molecular complexity index is 791. The smallest absolute Gasteiger partial charge is 0.266 e. The molecule has 0 aliphatic carbocycles. The number of aryl methyl sites for hydroxylation is 2. The maximum absolute atomic E-state index is 12.4. The first-order valence-corrected chi connectivity index (χ1v) is 7.71. The standard InChI is InChI=1S/C12H13ClN4O3S/c1-6-3-8(13)4-7(2)11(6)21(19,20)17-10-5-9(12(14)18)15-16-10/h3-5H,1-2H3,(H2,14,18)(H2,15,16,17). The summed E-state index contributed by atoms with van der Waals surface area (Å²) < 4.78 is 27.1. The Labute approximate surface area is 126 Å². The van der Waals surface area contributed by atoms with E-state index in [2.05, 4.69) is 14.9 Å². The first-order chi connectivity index (χ1) is 9.70. The summed E-state index contributed by atoms with van der Waals surface area (Å²) in [5.41, 5.74) is 6.10. The van der Waals surface area contributed by atoms with E-state index in [0.29, 0.717) is 16.1 Å². The number of aromatic amines is 1. The second-order valence-electron chi connectivity index (χ2n) is 4.51. The molecule has 9 heteroatoms. The Balaban J connectivity index is 2.41. The van der Waals surface area contributed by atoms with E-state index in [0.717, 1.165) is 0 Å². The molecule has 4 N–H and O–H groups in total. The molecule has 21 heavy (non-hydrogen) atoms. The van der Waals surface area contributed by atoms with Crippen LogP contribution >= 0.6 is 11.6 Å². The van der Waals surface area contributed by atoms with Crippen molar-refractivity contribution in [3.8, 4) is 0 Å². The molecule has 7 nitrogen and oxygen atoms in total. The maximum Gasteiger partial charge on any atom is 0.266 e. The van der Waals surface area contributed by atoms with E-state index in [1.165, 1.54) is 6.07 Å². The topological polar surface area (TPSA) is 118 Å². The van der Waals surface area contributed by atoms with E-state index < -0.39 is 15.9 Å². The highest BCUT2D eigenvalue weighted by molar-refractivity contribution is 7.92. The van der Waals surface area contributed by atoms with Crippen LogP contribution in [0.2, 0.25) is 5.02 Å². The van der Waals surface area contributed by atoms with Crippen molar-refractivity contribution in [3.63, 3.8) is 0 Å². The van der Waals surface area contributed by atoms with Crippen LogP contribution < -0.4 is 10.5 Å². The first kappa shape index (κ1) is 15.3. The van der Waals surface area contributed by atoms with Crippen LogP contribution in [0.15, 0.2) is 23.1 Å². The predicted molar refractivity (Wildman–Crippen MR) is 78.8 cm³/mol. The predicted octanol–water partition coefficient (Wildman–Crippen LogP) is 1.58. The number of carbonyl (C=O) groups excluding carboxylic acids is 1. The molecule has 0 spiro atoms. The van der Waals surface area contributed by atoms with E-state index in [1.54, 1.807) is 26.0 Å². The molecule has 0 radical (unpaired) electrons. The van der Waals surface area contributed by atoms with Crippen molar-refractivity contribution in [1.82, 2.24) is 10.2 Å². The van der Waals surface area contributed by atoms with Gasteiger partial charge in [0.25, 0.3) is 15.9 Å². The van der Waals surface area contributed by atoms with Crippen LogP contribution in [0, 0.1) is 13.8 Å². The SMILES string of the molecule is Cc1cc(Cl)cc(C)c1S(=O)(=O)Nc1cc(C(N)=O)[nH]n1. The molecular formula is C12H13ClN4O3S. The maximum atomic E-state index is 12.4. The van der Waals surface area contributed by atoms with Crippen LogP contribution in [0.3, 0.4) is 0 Å². The molecule has 0 saturated carbocycles. The summed E-state index contributed by atoms with van der Waals surface area (Å²) in [7, 11) is -3.85. The number of benzene rings is 1. The van der Waals surface area contributed by atoms with Crippen molar-refractivity contribution >= 4 is 33.3 Å². The lowest BCUT2D eigenvalue weighted by Crippen LogP contribution is -2.16. The summed E-state index contributed by atoms with van der Waals surface area (Å²) in [6.07, 6.45) is 0. The number of hydrogen-bond acceptors (Lipinski definition) is 4. The average molecular weight is 329 g/mol. The molecular weight excluding hydrogens is 316 g/mol. The lowest BCUT2D eigenvalue weighted by atomic mass is 10.2. The third kappa shape index (κ3) is 3.17. The zero-order chi connectivity index (χ0) is 15.8. The summed E-state index contributed by atoms with van der Waals surface area (Å²) in [4.78, 5) is 11.1. The first-order valence-electron chi connectivity index (χ1n) is 5.85. The highest BCUT2D eigenvalue weighted by Gasteiger charge is 2.21. The number of H-pyrrole nitrogens is 1. The van der Waals surface area contributed by atoms with Crippen molar-refractivity contribution in [2.24, 2.45) is 5.73 Å². The molecule has 0 fully saturated rings. The number of primary amides is 1. The fourth-order valence-corrected chi connectivity index (χ4v) is 3.79. The Kier molecular flexibility index (Phi) is 3.93. The Hall–Kier alpha value is -2.06. The lowest BCUT2D eigenvalue weighted by molar-refractivity contribution is 0.0995. The van der Waals surface area contributed by atoms with E-state index in [1.807, 2.05) is 0 Å². The van der Waals surface area contributed by atoms with Crippen LogP contribution in [-0.2, 0) is 10.0 Å². The normalized spacial score (nSPS) is 11.4. The van der Waals surface area contributed by atoms with Gasteiger partial charge in [0.2, 0.25) is 0 Å². The number of nitrogens with two attached hydrogens (primary N) is 1. The molecule has 1 amide bonds. The van der Waals surface area contributed by atoms with Crippen LogP contribution in [-0.4, -0.2) is 24.5 Å². The summed E-state index contributed by atoms with van der Waals surface area (Å²) in [5, 5.41) is 6.49. The van der Waals surface area contributed by atoms with Gasteiger partial charge >= 0.3 is 0 Å². The van der Waals surface area contributed by atoms with Gasteiger partial charge in [-0.05, 0) is 37.1 Å². The Morgan fingerprint density at radius 3 is 2.33 bits per heavy atom. The van der Waals surface area contributed by atoms with Gasteiger partial charge in [-0.2, -0.15) is 5.10 Å². The van der Waals surface area contributed by atoms with Crippen LogP contribution in [0.4, 0.5) is 5.82 Å². The van der Waals surface area contributed by atoms with Crippen LogP contribution in [0.5, 0.6) is 0 Å². The average Bonchev–Trinajstić information content (AvgIpc) is 2.74. The largest absolute Gasteiger partial charge is 0.364 e. The van der Waals surface area contributed by atoms with Crippen molar-refractivity contribution in [2.45, 2.75) is 18.7 Å². The number of aromatic nitrogens is 2. The minimum Gasteiger partial charge on any atom is -0.364 e. The minimum absolute atomic E-state index is 0.0113. The fourth-order valence-electron chi connectivity index (χ4n) is 2.01. The van der Waals surface area contributed by atoms with Crippen LogP contribution in [0.25, 0.3) is 0 Å². The lowest BCUT2D eigenvalue weighted by Gasteiger charge is -2.11. The number of sulfonamides is 1. The zero-order valence-corrected chi connectivity index (χ0v) is 12.8. The van der Waals surface area contributed by atoms with Crippen LogP contribution in [0.1, 0.15) is 21.6 Å². The van der Waals surface area contributed by atoms with E-state index in [9.17, 15) is 13.2 Å². The number of nitrogens with zero attached hydrogens (tertiary/aromatic N) is 1. The van der Waals surface area contributed by atoms with Gasteiger partial charge in [0.1, 0.15) is 5.69 Å². The molecule has 0 unspecified atom stereocenters. The molecule has 1 aromatic carbocycles. The number of hydrogen-bond donors (Lipinski definition) is 3. The molecule has 1 heterocycles. The quantitative estimate of drug-likeness (QED) is 0.789. The van der Waals surface area contributed by atoms with Gasteiger partial charge in [0.15, 0.2) is 5.82 Å². The minimum atomic E-state index is -3.85. The summed E-state index contributed by atoms with van der Waals surface area (Å²) in [5.74, 6) is -0.746. The van der Waals surface area contributed by atoms with Crippen molar-refractivity contribution in [2.75, 3.05) is 4.72 Å². The molecule has 112 valence electrons. The van der Waals surface area contributed by atoms with Crippen molar-refractivity contribution in [1.29, 1.82) is 0 Å². The van der Waals surface area contributed by atoms with Crippen molar-refractivity contribution in [3.05, 3.63) is 40.0 Å². The van der Waals surface area contributed by atoms with Gasteiger partial charge in [-0.3, -0.25) is 14.6 Å². The Morgan fingerprint density at radius 2 is 1.86 bits per heavy atom. The number of carbonyl (C=O) groups is 1. The molecule has 0 atom stereocenters. The van der Waals surface area contributed by atoms with Gasteiger partial charge in [0.05, 0.1) is 4.90 Å². The number of rotatable bonds is 4. The van der Waals surface area contributed by atoms with E-state index in [-0.39, 0.29) is 16.4 Å². The van der Waals surface area contributed by atoms with Crippen molar-refractivity contribution < 1.29 is 13.2 Å². The highest BCUT2D eigenvalue weighted by Crippen LogP contribution is 2.26. The number of anilines is 1. The third-order valence-corrected chi connectivity index (χ3v) is 4.65. The van der Waals surface area contributed by atoms with Gasteiger partial charge < -0.3 is 5.73 Å². The third-order valence-electron chi connectivity index (χ3n) is 2.78. The summed E-state index contributed by atoms with van der Waals surface area (Å²) in [6.45, 7) is 3.29. The molecule has 0 saturated heterocycles. The molecule has 0 aliphatic rings. The fraction of sp³-hybridized carbons (Fsp3) is 0.167. The summed E-state index contributed by atoms with van der Waals surface area (Å²) in [6, 6.07) is 4.34. The second kappa shape index (κ2) is 5.38. The molecule has 2 aromatic rings. The van der Waals surface area contributed by atoms with E-state index in [4.69, 9.17) is 17.3 Å². The molecule has 2 rings (SSSR count). The van der Waals surface area contributed by atoms with E-state index >= 15 is 0 Å². The molecule has 0 bridgehead atoms. The monoisotopic (exact) mass is 328 g/mol. The van der Waals surface area contributed by atoms with Gasteiger partial charge in [-0.1, -0.05) is 11.6 Å². The molecule has 1 aromatic heterocycles. The van der Waals surface area contributed by atoms with Gasteiger partial charge in [-0.25, -0.2) is 8.42 Å². The number of halogens is 1. The van der Waals surface area contributed by atoms with Gasteiger partial charge in [-0.15, -0.1) is 0 Å². The second-order valence-corrected chi connectivity index (χ2v) is 6.56. The Morgan fingerprint density at radius 1 is 1.29 bits per heavy atom. The highest BCUT2D eigenvalue weighted by atomic mass is 35.5. The number of nitrogens with one attached hydrogen (secondary N) is 2. The summed E-state index contributed by atoms with van der Waals surface area (Å²) >= 11 is 5.89. The number of amides is 1. The van der Waals surface area contributed by atoms with Gasteiger partial charge in [0, 0.05) is 11.1 Å².